The quantitative estimate of drug-likeness (QED) is 0.515. The second-order valence-electron chi connectivity index (χ2n) is 7.40. The Labute approximate surface area is 171 Å². The number of anilines is 1. The predicted molar refractivity (Wildman–Crippen MR) is 111 cm³/mol. The molecule has 1 fully saturated rings. The third-order valence-electron chi connectivity index (χ3n) is 5.15. The highest BCUT2D eigenvalue weighted by Crippen LogP contribution is 2.35. The van der Waals surface area contributed by atoms with Crippen molar-refractivity contribution < 1.29 is 19.5 Å². The van der Waals surface area contributed by atoms with Gasteiger partial charge in [0, 0.05) is 36.4 Å². The first-order chi connectivity index (χ1) is 13.4. The maximum atomic E-state index is 12.2. The number of hydrogen-bond acceptors (Lipinski definition) is 3. The molecule has 2 rings (SSSR count). The number of carbonyl (C=O) groups is 3. The van der Waals surface area contributed by atoms with E-state index in [9.17, 15) is 14.4 Å². The number of hydrogen-bond donors (Lipinski definition) is 2. The van der Waals surface area contributed by atoms with Crippen LogP contribution in [0, 0.1) is 11.8 Å². The molecule has 152 valence electrons. The molecule has 0 heterocycles. The number of halogens is 1. The number of ketones is 1. The Balaban J connectivity index is 1.88. The molecule has 0 aliphatic heterocycles. The number of nitrogens with one attached hydrogen (secondary N) is 1. The molecule has 0 spiro atoms. The number of amides is 1. The van der Waals surface area contributed by atoms with Gasteiger partial charge in [0.2, 0.25) is 5.91 Å². The fraction of sp³-hybridized carbons (Fsp3) is 0.500. The minimum absolute atomic E-state index is 0.0492. The Bertz CT molecular complexity index is 744. The molecular formula is C22H28ClNO4. The summed E-state index contributed by atoms with van der Waals surface area (Å²) in [4.78, 5) is 33.9. The molecule has 0 radical (unpaired) electrons. The Morgan fingerprint density at radius 2 is 2.00 bits per heavy atom. The molecule has 1 aromatic rings. The van der Waals surface area contributed by atoms with E-state index in [4.69, 9.17) is 16.7 Å². The molecule has 0 bridgehead atoms. The summed E-state index contributed by atoms with van der Waals surface area (Å²) in [7, 11) is 0. The predicted octanol–water partition coefficient (Wildman–Crippen LogP) is 5.33. The lowest BCUT2D eigenvalue weighted by atomic mass is 9.89. The summed E-state index contributed by atoms with van der Waals surface area (Å²) >= 11 is 6.31. The zero-order chi connectivity index (χ0) is 20.5. The average Bonchev–Trinajstić information content (AvgIpc) is 2.96. The minimum atomic E-state index is -0.750. The highest BCUT2D eigenvalue weighted by Gasteiger charge is 2.32. The number of carboxylic acid groups (broad SMARTS) is 1. The number of aliphatic carboxylic acids is 1. The standard InChI is InChI=1S/C22H28ClNO4/c1-15(25)24-18-12-10-17(20(23)14-18)9-8-16-11-13-21(26)19(16)6-4-2-3-5-7-22(27)28/h8-10,12,14,16,19H,2-7,11,13H2,1H3,(H,24,25)(H,27,28)/t16-,19+/m1/s1. The molecule has 0 unspecified atom stereocenters. The molecule has 1 saturated carbocycles. The molecule has 1 aliphatic carbocycles. The van der Waals surface area contributed by atoms with E-state index < -0.39 is 5.97 Å². The monoisotopic (exact) mass is 405 g/mol. The maximum Gasteiger partial charge on any atom is 0.303 e. The molecule has 1 aromatic carbocycles. The molecule has 1 aliphatic rings. The molecular weight excluding hydrogens is 378 g/mol. The van der Waals surface area contributed by atoms with Gasteiger partial charge in [0.15, 0.2) is 0 Å². The molecule has 1 amide bonds. The van der Waals surface area contributed by atoms with Crippen LogP contribution in [-0.2, 0) is 14.4 Å². The molecule has 0 aromatic heterocycles. The largest absolute Gasteiger partial charge is 0.481 e. The van der Waals surface area contributed by atoms with Crippen LogP contribution >= 0.6 is 11.6 Å². The summed E-state index contributed by atoms with van der Waals surface area (Å²) in [6.07, 6.45) is 10.1. The number of unbranched alkanes of at least 4 members (excludes halogenated alkanes) is 3. The van der Waals surface area contributed by atoms with Crippen molar-refractivity contribution in [3.8, 4) is 0 Å². The molecule has 5 nitrogen and oxygen atoms in total. The molecule has 6 heteroatoms. The van der Waals surface area contributed by atoms with Crippen LogP contribution in [0.4, 0.5) is 5.69 Å². The van der Waals surface area contributed by atoms with Crippen LogP contribution in [0.5, 0.6) is 0 Å². The Morgan fingerprint density at radius 1 is 1.25 bits per heavy atom. The van der Waals surface area contributed by atoms with Crippen molar-refractivity contribution in [3.05, 3.63) is 34.9 Å². The second kappa shape index (κ2) is 11.0. The Kier molecular flexibility index (Phi) is 8.71. The third-order valence-corrected chi connectivity index (χ3v) is 5.48. The third kappa shape index (κ3) is 7.12. The zero-order valence-electron chi connectivity index (χ0n) is 16.2. The summed E-state index contributed by atoms with van der Waals surface area (Å²) < 4.78 is 0. The van der Waals surface area contributed by atoms with Gasteiger partial charge in [0.1, 0.15) is 5.78 Å². The van der Waals surface area contributed by atoms with Crippen molar-refractivity contribution in [1.82, 2.24) is 0 Å². The summed E-state index contributed by atoms with van der Waals surface area (Å²) in [5, 5.41) is 11.9. The highest BCUT2D eigenvalue weighted by atomic mass is 35.5. The van der Waals surface area contributed by atoms with Crippen LogP contribution in [0.3, 0.4) is 0 Å². The summed E-state index contributed by atoms with van der Waals surface area (Å²) in [6.45, 7) is 1.45. The fourth-order valence-corrected chi connectivity index (χ4v) is 3.95. The molecule has 2 atom stereocenters. The van der Waals surface area contributed by atoms with Gasteiger partial charge < -0.3 is 10.4 Å². The van der Waals surface area contributed by atoms with E-state index in [1.165, 1.54) is 6.92 Å². The van der Waals surface area contributed by atoms with Crippen molar-refractivity contribution >= 4 is 41.0 Å². The number of rotatable bonds is 10. The van der Waals surface area contributed by atoms with Crippen LogP contribution < -0.4 is 5.32 Å². The van der Waals surface area contributed by atoms with E-state index in [0.717, 1.165) is 37.7 Å². The molecule has 28 heavy (non-hydrogen) atoms. The van der Waals surface area contributed by atoms with Crippen molar-refractivity contribution in [2.75, 3.05) is 5.32 Å². The fourth-order valence-electron chi connectivity index (χ4n) is 3.70. The lowest BCUT2D eigenvalue weighted by Crippen LogP contribution is -2.13. The number of allylic oxidation sites excluding steroid dienone is 1. The van der Waals surface area contributed by atoms with E-state index in [2.05, 4.69) is 11.4 Å². The van der Waals surface area contributed by atoms with Crippen molar-refractivity contribution in [2.45, 2.75) is 58.3 Å². The number of carbonyl (C=O) groups excluding carboxylic acids is 2. The lowest BCUT2D eigenvalue weighted by molar-refractivity contribution is -0.137. The van der Waals surface area contributed by atoms with Gasteiger partial charge in [-0.25, -0.2) is 0 Å². The van der Waals surface area contributed by atoms with Crippen molar-refractivity contribution in [3.63, 3.8) is 0 Å². The number of Topliss-reactive ketones (excluding diaryl/α,β-unsaturated/α-hetero) is 1. The van der Waals surface area contributed by atoms with Gasteiger partial charge >= 0.3 is 5.97 Å². The van der Waals surface area contributed by atoms with Crippen LogP contribution in [-0.4, -0.2) is 22.8 Å². The van der Waals surface area contributed by atoms with E-state index in [1.54, 1.807) is 12.1 Å². The van der Waals surface area contributed by atoms with Gasteiger partial charge in [-0.1, -0.05) is 49.1 Å². The maximum absolute atomic E-state index is 12.2. The summed E-state index contributed by atoms with van der Waals surface area (Å²) in [6, 6.07) is 5.39. The molecule has 0 saturated heterocycles. The number of carboxylic acids is 1. The summed E-state index contributed by atoms with van der Waals surface area (Å²) in [5.41, 5.74) is 1.52. The van der Waals surface area contributed by atoms with Crippen LogP contribution in [0.1, 0.15) is 63.9 Å². The van der Waals surface area contributed by atoms with Gasteiger partial charge in [-0.2, -0.15) is 0 Å². The first-order valence-corrected chi connectivity index (χ1v) is 10.2. The van der Waals surface area contributed by atoms with Gasteiger partial charge in [-0.3, -0.25) is 14.4 Å². The van der Waals surface area contributed by atoms with Gasteiger partial charge in [-0.15, -0.1) is 0 Å². The van der Waals surface area contributed by atoms with Gasteiger partial charge in [-0.05, 0) is 42.9 Å². The van der Waals surface area contributed by atoms with Crippen molar-refractivity contribution in [2.24, 2.45) is 11.8 Å². The first-order valence-electron chi connectivity index (χ1n) is 9.86. The average molecular weight is 406 g/mol. The molecule has 2 N–H and O–H groups in total. The van der Waals surface area contributed by atoms with Crippen LogP contribution in [0.15, 0.2) is 24.3 Å². The Hall–Kier alpha value is -2.14. The van der Waals surface area contributed by atoms with Gasteiger partial charge in [0.05, 0.1) is 0 Å². The smallest absolute Gasteiger partial charge is 0.303 e. The SMILES string of the molecule is CC(=O)Nc1ccc(C=C[C@@H]2CCC(=O)[C@H]2CCCCCCC(=O)O)c(Cl)c1. The topological polar surface area (TPSA) is 83.5 Å². The number of benzene rings is 1. The lowest BCUT2D eigenvalue weighted by Gasteiger charge is -2.15. The van der Waals surface area contributed by atoms with Crippen LogP contribution in [0.2, 0.25) is 5.02 Å². The zero-order valence-corrected chi connectivity index (χ0v) is 17.0. The second-order valence-corrected chi connectivity index (χ2v) is 7.81. The Morgan fingerprint density at radius 3 is 2.68 bits per heavy atom. The van der Waals surface area contributed by atoms with E-state index >= 15 is 0 Å². The van der Waals surface area contributed by atoms with E-state index in [0.29, 0.717) is 29.3 Å². The van der Waals surface area contributed by atoms with Gasteiger partial charge in [0.25, 0.3) is 0 Å². The normalized spacial score (nSPS) is 19.3. The van der Waals surface area contributed by atoms with E-state index in [1.807, 2.05) is 12.1 Å². The van der Waals surface area contributed by atoms with Crippen LogP contribution in [0.25, 0.3) is 6.08 Å². The van der Waals surface area contributed by atoms with E-state index in [-0.39, 0.29) is 24.2 Å². The highest BCUT2D eigenvalue weighted by molar-refractivity contribution is 6.32. The summed E-state index contributed by atoms with van der Waals surface area (Å²) in [5.74, 6) is -0.299. The van der Waals surface area contributed by atoms with Crippen molar-refractivity contribution in [1.29, 1.82) is 0 Å². The minimum Gasteiger partial charge on any atom is -0.481 e. The first kappa shape index (κ1) is 22.2.